The molecule has 1 unspecified atom stereocenters. The molecule has 8 nitrogen and oxygen atoms in total. The fourth-order valence-electron chi connectivity index (χ4n) is 4.22. The third-order valence-corrected chi connectivity index (χ3v) is 7.06. The zero-order valence-corrected chi connectivity index (χ0v) is 19.5. The maximum atomic E-state index is 13.3. The number of pyridine rings is 1. The zero-order chi connectivity index (χ0) is 24.1. The monoisotopic (exact) mass is 505 g/mol. The van der Waals surface area contributed by atoms with Gasteiger partial charge in [0.15, 0.2) is 16.6 Å². The first-order chi connectivity index (χ1) is 17.0. The van der Waals surface area contributed by atoms with E-state index in [1.165, 1.54) is 16.2 Å². The molecule has 1 fully saturated rings. The first-order valence-electron chi connectivity index (χ1n) is 10.7. The molecule has 0 aliphatic carbocycles. The number of ketones is 1. The van der Waals surface area contributed by atoms with Crippen molar-refractivity contribution in [3.05, 3.63) is 82.6 Å². The second-order valence-electron chi connectivity index (χ2n) is 7.92. The topological polar surface area (TPSA) is 102 Å². The lowest BCUT2D eigenvalue weighted by Crippen LogP contribution is -2.29. The number of nitrogens with zero attached hydrogens (tertiary/aromatic N) is 3. The summed E-state index contributed by atoms with van der Waals surface area (Å²) in [6.07, 6.45) is 3.15. The number of fused-ring (bicyclic) bond motifs is 2. The summed E-state index contributed by atoms with van der Waals surface area (Å²) in [5, 5.41) is 12.2. The number of anilines is 1. The van der Waals surface area contributed by atoms with Crippen molar-refractivity contribution in [3.8, 4) is 11.5 Å². The van der Waals surface area contributed by atoms with Crippen molar-refractivity contribution in [1.82, 2.24) is 9.97 Å². The molecule has 1 amide bonds. The van der Waals surface area contributed by atoms with Gasteiger partial charge < -0.3 is 14.6 Å². The van der Waals surface area contributed by atoms with Crippen molar-refractivity contribution < 1.29 is 24.2 Å². The number of hydrogen-bond donors (Lipinski definition) is 1. The van der Waals surface area contributed by atoms with E-state index in [-0.39, 0.29) is 11.3 Å². The Morgan fingerprint density at radius 1 is 1.09 bits per heavy atom. The number of ether oxygens (including phenoxy) is 2. The zero-order valence-electron chi connectivity index (χ0n) is 18.0. The maximum absolute atomic E-state index is 13.3. The van der Waals surface area contributed by atoms with Crippen molar-refractivity contribution in [1.29, 1.82) is 0 Å². The Morgan fingerprint density at radius 2 is 1.91 bits per heavy atom. The van der Waals surface area contributed by atoms with E-state index in [2.05, 4.69) is 9.97 Å². The third-order valence-electron chi connectivity index (χ3n) is 5.81. The smallest absolute Gasteiger partial charge is 0.301 e. The summed E-state index contributed by atoms with van der Waals surface area (Å²) in [6.45, 7) is 0.802. The van der Waals surface area contributed by atoms with Gasteiger partial charge in [-0.25, -0.2) is 4.98 Å². The molecular weight excluding hydrogens is 490 g/mol. The molecule has 0 spiro atoms. The number of carbonyl (C=O) groups is 2. The standard InChI is InChI=1S/C25H16ClN3O5S/c26-15-4-5-16-19(11-15)35-25(28-16)29-21(14-2-1-7-27-12-14)20(23(31)24(29)32)22(30)13-3-6-17-18(10-13)34-9-8-33-17/h1-7,10-12,21,30H,8-9H2/b22-20+. The lowest BCUT2D eigenvalue weighted by molar-refractivity contribution is -0.132. The highest BCUT2D eigenvalue weighted by atomic mass is 35.5. The highest BCUT2D eigenvalue weighted by molar-refractivity contribution is 7.22. The van der Waals surface area contributed by atoms with E-state index in [0.29, 0.717) is 51.5 Å². The van der Waals surface area contributed by atoms with Gasteiger partial charge >= 0.3 is 5.91 Å². The Labute approximate surface area is 208 Å². The number of amides is 1. The molecule has 2 aromatic carbocycles. The van der Waals surface area contributed by atoms with E-state index in [9.17, 15) is 14.7 Å². The number of halogens is 1. The van der Waals surface area contributed by atoms with Gasteiger partial charge in [-0.1, -0.05) is 29.0 Å². The van der Waals surface area contributed by atoms with Crippen molar-refractivity contribution in [2.75, 3.05) is 18.1 Å². The Kier molecular flexibility index (Phi) is 5.16. The SMILES string of the molecule is O=C1C(=O)N(c2nc3ccc(Cl)cc3s2)C(c2cccnc2)/C1=C(\O)c1ccc2c(c1)OCCO2. The molecular formula is C25H16ClN3O5S. The van der Waals surface area contributed by atoms with Gasteiger partial charge in [0.2, 0.25) is 0 Å². The van der Waals surface area contributed by atoms with Crippen LogP contribution in [0.3, 0.4) is 0 Å². The van der Waals surface area contributed by atoms with E-state index < -0.39 is 17.7 Å². The van der Waals surface area contributed by atoms with Gasteiger partial charge in [0.1, 0.15) is 19.0 Å². The average molecular weight is 506 g/mol. The van der Waals surface area contributed by atoms with Crippen LogP contribution in [0.5, 0.6) is 11.5 Å². The second-order valence-corrected chi connectivity index (χ2v) is 9.37. The molecule has 0 radical (unpaired) electrons. The van der Waals surface area contributed by atoms with Crippen molar-refractivity contribution in [3.63, 3.8) is 0 Å². The summed E-state index contributed by atoms with van der Waals surface area (Å²) in [4.78, 5) is 36.7. The van der Waals surface area contributed by atoms with E-state index in [0.717, 1.165) is 4.70 Å². The molecule has 10 heteroatoms. The summed E-state index contributed by atoms with van der Waals surface area (Å²) in [6, 6.07) is 12.6. The van der Waals surface area contributed by atoms with Crippen LogP contribution in [0.1, 0.15) is 17.2 Å². The van der Waals surface area contributed by atoms with Crippen LogP contribution in [0.25, 0.3) is 16.0 Å². The van der Waals surface area contributed by atoms with Gasteiger partial charge in [-0.3, -0.25) is 19.5 Å². The van der Waals surface area contributed by atoms with Crippen LogP contribution in [-0.4, -0.2) is 40.0 Å². The predicted octanol–water partition coefficient (Wildman–Crippen LogP) is 4.74. The third kappa shape index (κ3) is 3.60. The van der Waals surface area contributed by atoms with Gasteiger partial charge in [-0.15, -0.1) is 0 Å². The summed E-state index contributed by atoms with van der Waals surface area (Å²) in [7, 11) is 0. The summed E-state index contributed by atoms with van der Waals surface area (Å²) in [5.74, 6) is -0.923. The van der Waals surface area contributed by atoms with Crippen LogP contribution in [-0.2, 0) is 9.59 Å². The van der Waals surface area contributed by atoms with E-state index in [1.807, 2.05) is 0 Å². The van der Waals surface area contributed by atoms with Crippen molar-refractivity contribution >= 4 is 55.7 Å². The Morgan fingerprint density at radius 3 is 2.71 bits per heavy atom. The number of Topliss-reactive ketones (excluding diaryl/α,β-unsaturated/α-hetero) is 1. The predicted molar refractivity (Wildman–Crippen MR) is 131 cm³/mol. The Hall–Kier alpha value is -3.95. The normalized spacial score (nSPS) is 18.9. The number of aromatic nitrogens is 2. The first-order valence-corrected chi connectivity index (χ1v) is 11.9. The number of hydrogen-bond acceptors (Lipinski definition) is 8. The van der Waals surface area contributed by atoms with E-state index in [4.69, 9.17) is 21.1 Å². The fraction of sp³-hybridized carbons (Fsp3) is 0.120. The molecule has 4 heterocycles. The van der Waals surface area contributed by atoms with E-state index >= 15 is 0 Å². The van der Waals surface area contributed by atoms with Crippen LogP contribution >= 0.6 is 22.9 Å². The molecule has 174 valence electrons. The molecule has 6 rings (SSSR count). The first kappa shape index (κ1) is 21.6. The van der Waals surface area contributed by atoms with Crippen LogP contribution in [0.4, 0.5) is 5.13 Å². The summed E-state index contributed by atoms with van der Waals surface area (Å²) >= 11 is 7.36. The number of carbonyl (C=O) groups excluding carboxylic acids is 2. The van der Waals surface area contributed by atoms with Gasteiger partial charge in [0.05, 0.1) is 21.8 Å². The molecule has 2 aliphatic rings. The van der Waals surface area contributed by atoms with Gasteiger partial charge in [0.25, 0.3) is 5.78 Å². The number of aliphatic hydroxyl groups is 1. The fourth-order valence-corrected chi connectivity index (χ4v) is 5.49. The minimum Gasteiger partial charge on any atom is -0.507 e. The highest BCUT2D eigenvalue weighted by Gasteiger charge is 2.48. The van der Waals surface area contributed by atoms with Crippen molar-refractivity contribution in [2.45, 2.75) is 6.04 Å². The largest absolute Gasteiger partial charge is 0.507 e. The number of aliphatic hydroxyl groups excluding tert-OH is 1. The molecule has 0 saturated carbocycles. The molecule has 2 aliphatic heterocycles. The molecule has 1 atom stereocenters. The number of thiazole rings is 1. The maximum Gasteiger partial charge on any atom is 0.301 e. The summed E-state index contributed by atoms with van der Waals surface area (Å²) < 4.78 is 11.9. The molecule has 1 saturated heterocycles. The van der Waals surface area contributed by atoms with Gasteiger partial charge in [-0.2, -0.15) is 0 Å². The quantitative estimate of drug-likeness (QED) is 0.244. The molecule has 2 aromatic heterocycles. The summed E-state index contributed by atoms with van der Waals surface area (Å²) in [5.41, 5.74) is 1.48. The van der Waals surface area contributed by atoms with Crippen LogP contribution in [0.15, 0.2) is 66.5 Å². The minimum atomic E-state index is -0.923. The van der Waals surface area contributed by atoms with Gasteiger partial charge in [0, 0.05) is 23.0 Å². The number of rotatable bonds is 3. The molecule has 1 N–H and O–H groups in total. The number of benzene rings is 2. The lowest BCUT2D eigenvalue weighted by atomic mass is 9.96. The highest BCUT2D eigenvalue weighted by Crippen LogP contribution is 2.45. The van der Waals surface area contributed by atoms with Crippen molar-refractivity contribution in [2.24, 2.45) is 0 Å². The van der Waals surface area contributed by atoms with Crippen LogP contribution in [0, 0.1) is 0 Å². The molecule has 0 bridgehead atoms. The lowest BCUT2D eigenvalue weighted by Gasteiger charge is -2.23. The van der Waals surface area contributed by atoms with Crippen LogP contribution in [0.2, 0.25) is 5.02 Å². The van der Waals surface area contributed by atoms with Gasteiger partial charge in [-0.05, 0) is 48.0 Å². The minimum absolute atomic E-state index is 0.0584. The molecule has 35 heavy (non-hydrogen) atoms. The second kappa shape index (κ2) is 8.37. The van der Waals surface area contributed by atoms with Crippen LogP contribution < -0.4 is 14.4 Å². The molecule has 4 aromatic rings. The Bertz CT molecular complexity index is 1530. The van der Waals surface area contributed by atoms with E-state index in [1.54, 1.807) is 60.9 Å². The average Bonchev–Trinajstić information content (AvgIpc) is 3.41. The Balaban J connectivity index is 1.53.